The van der Waals surface area contributed by atoms with Crippen LogP contribution in [0.5, 0.6) is 5.75 Å². The molecule has 1 saturated heterocycles. The molecule has 2 aliphatic rings. The van der Waals surface area contributed by atoms with Crippen molar-refractivity contribution >= 4 is 23.3 Å². The number of amides is 1. The molecule has 180 valence electrons. The van der Waals surface area contributed by atoms with Crippen molar-refractivity contribution < 1.29 is 23.9 Å². The van der Waals surface area contributed by atoms with E-state index >= 15 is 0 Å². The number of hydroxylamine groups is 1. The summed E-state index contributed by atoms with van der Waals surface area (Å²) in [7, 11) is 2.97. The molecule has 3 aromatic rings. The van der Waals surface area contributed by atoms with E-state index in [1.165, 1.54) is 7.11 Å². The Hall–Kier alpha value is -3.84. The molecule has 0 radical (unpaired) electrons. The zero-order valence-corrected chi connectivity index (χ0v) is 19.9. The van der Waals surface area contributed by atoms with Gasteiger partial charge in [-0.25, -0.2) is 5.06 Å². The molecule has 5 rings (SSSR count). The first-order chi connectivity index (χ1) is 17.0. The number of rotatable bonds is 6. The summed E-state index contributed by atoms with van der Waals surface area (Å²) in [6.45, 7) is 2.00. The van der Waals surface area contributed by atoms with Crippen molar-refractivity contribution in [1.82, 2.24) is 0 Å². The van der Waals surface area contributed by atoms with Crippen molar-refractivity contribution in [3.05, 3.63) is 90.0 Å². The van der Waals surface area contributed by atoms with E-state index in [2.05, 4.69) is 5.32 Å². The van der Waals surface area contributed by atoms with E-state index in [1.807, 2.05) is 61.5 Å². The lowest BCUT2D eigenvalue weighted by Gasteiger charge is -2.27. The summed E-state index contributed by atoms with van der Waals surface area (Å²) in [5.74, 6) is -0.343. The van der Waals surface area contributed by atoms with Crippen molar-refractivity contribution in [3.63, 3.8) is 0 Å². The fourth-order valence-electron chi connectivity index (χ4n) is 5.10. The van der Waals surface area contributed by atoms with E-state index < -0.39 is 23.5 Å². The van der Waals surface area contributed by atoms with E-state index in [4.69, 9.17) is 14.3 Å². The summed E-state index contributed by atoms with van der Waals surface area (Å²) in [5, 5.41) is 4.69. The third kappa shape index (κ3) is 4.02. The Balaban J connectivity index is 1.57. The lowest BCUT2D eigenvalue weighted by atomic mass is 9.84. The lowest BCUT2D eigenvalue weighted by molar-refractivity contribution is -0.143. The fourth-order valence-corrected chi connectivity index (χ4v) is 5.10. The summed E-state index contributed by atoms with van der Waals surface area (Å²) in [6.07, 6.45) is 0.00294. The number of hydrogen-bond donors (Lipinski definition) is 1. The molecule has 3 aromatic carbocycles. The molecular formula is C28H28N2O5. The Morgan fingerprint density at radius 1 is 0.971 bits per heavy atom. The number of methoxy groups -OCH3 is 2. The zero-order chi connectivity index (χ0) is 24.6. The highest BCUT2D eigenvalue weighted by Gasteiger charge is 2.75. The fraction of sp³-hybridized carbons (Fsp3) is 0.286. The highest BCUT2D eigenvalue weighted by atomic mass is 16.7. The van der Waals surface area contributed by atoms with Crippen LogP contribution in [0.1, 0.15) is 23.7 Å². The van der Waals surface area contributed by atoms with Gasteiger partial charge in [0.15, 0.2) is 0 Å². The summed E-state index contributed by atoms with van der Waals surface area (Å²) in [6, 6.07) is 23.9. The predicted molar refractivity (Wildman–Crippen MR) is 132 cm³/mol. The third-order valence-corrected chi connectivity index (χ3v) is 6.98. The summed E-state index contributed by atoms with van der Waals surface area (Å²) in [5.41, 5.74) is 2.62. The summed E-state index contributed by atoms with van der Waals surface area (Å²) in [4.78, 5) is 33.2. The average molecular weight is 473 g/mol. The molecule has 1 aliphatic heterocycles. The topological polar surface area (TPSA) is 77.1 Å². The quantitative estimate of drug-likeness (QED) is 0.525. The van der Waals surface area contributed by atoms with E-state index in [9.17, 15) is 9.59 Å². The summed E-state index contributed by atoms with van der Waals surface area (Å²) >= 11 is 0. The molecule has 1 saturated carbocycles. The van der Waals surface area contributed by atoms with Crippen LogP contribution in [0.4, 0.5) is 11.4 Å². The van der Waals surface area contributed by atoms with Crippen LogP contribution in [0.3, 0.4) is 0 Å². The van der Waals surface area contributed by atoms with Crippen LogP contribution < -0.4 is 15.1 Å². The minimum absolute atomic E-state index is 0.249. The second-order valence-corrected chi connectivity index (χ2v) is 9.07. The van der Waals surface area contributed by atoms with Gasteiger partial charge in [-0.05, 0) is 55.3 Å². The number of hydrogen-bond acceptors (Lipinski definition) is 6. The van der Waals surface area contributed by atoms with Gasteiger partial charge in [-0.3, -0.25) is 14.4 Å². The molecule has 2 fully saturated rings. The Kier molecular flexibility index (Phi) is 5.94. The molecule has 1 heterocycles. The van der Waals surface area contributed by atoms with Gasteiger partial charge in [0.1, 0.15) is 17.9 Å². The highest BCUT2D eigenvalue weighted by Crippen LogP contribution is 2.69. The number of nitrogens with zero attached hydrogens (tertiary/aromatic N) is 1. The van der Waals surface area contributed by atoms with Crippen LogP contribution in [0.2, 0.25) is 0 Å². The standard InChI is InChI=1S/C28H28N2O5/c1-18-9-13-21(14-10-18)30-24(26(31)29-20-11-15-22(33-2)16-12-20)28(17-23(28)27(32)34-3)25(35-30)19-7-5-4-6-8-19/h4-16,23-25H,17H2,1-3H3,(H,29,31). The monoisotopic (exact) mass is 472 g/mol. The Bertz CT molecular complexity index is 1210. The Labute approximate surface area is 204 Å². The van der Waals surface area contributed by atoms with Gasteiger partial charge in [-0.2, -0.15) is 0 Å². The molecular weight excluding hydrogens is 444 g/mol. The van der Waals surface area contributed by atoms with Gasteiger partial charge in [0.05, 0.1) is 25.8 Å². The third-order valence-electron chi connectivity index (χ3n) is 6.98. The van der Waals surface area contributed by atoms with Gasteiger partial charge in [0.25, 0.3) is 0 Å². The molecule has 7 nitrogen and oxygen atoms in total. The second-order valence-electron chi connectivity index (χ2n) is 9.07. The van der Waals surface area contributed by atoms with Gasteiger partial charge in [0, 0.05) is 11.1 Å². The Morgan fingerprint density at radius 3 is 2.29 bits per heavy atom. The first-order valence-corrected chi connectivity index (χ1v) is 11.6. The molecule has 1 spiro atoms. The second kappa shape index (κ2) is 9.07. The minimum Gasteiger partial charge on any atom is -0.497 e. The zero-order valence-electron chi connectivity index (χ0n) is 19.9. The van der Waals surface area contributed by atoms with Crippen LogP contribution in [0, 0.1) is 18.3 Å². The number of esters is 1. The maximum absolute atomic E-state index is 13.9. The highest BCUT2D eigenvalue weighted by molar-refractivity contribution is 5.99. The van der Waals surface area contributed by atoms with Crippen molar-refractivity contribution in [2.75, 3.05) is 24.6 Å². The van der Waals surface area contributed by atoms with Gasteiger partial charge >= 0.3 is 5.97 Å². The lowest BCUT2D eigenvalue weighted by Crippen LogP contribution is -2.45. The molecule has 0 aromatic heterocycles. The van der Waals surface area contributed by atoms with Crippen LogP contribution in [-0.4, -0.2) is 32.1 Å². The first kappa shape index (κ1) is 22.9. The maximum atomic E-state index is 13.9. The van der Waals surface area contributed by atoms with Gasteiger partial charge < -0.3 is 14.8 Å². The normalized spacial score (nSPS) is 24.8. The maximum Gasteiger partial charge on any atom is 0.309 e. The van der Waals surface area contributed by atoms with E-state index in [1.54, 1.807) is 36.4 Å². The molecule has 0 bridgehead atoms. The van der Waals surface area contributed by atoms with Gasteiger partial charge in [-0.1, -0.05) is 48.0 Å². The van der Waals surface area contributed by atoms with Crippen molar-refractivity contribution in [2.45, 2.75) is 25.5 Å². The number of ether oxygens (including phenoxy) is 2. The average Bonchev–Trinajstić information content (AvgIpc) is 3.52. The van der Waals surface area contributed by atoms with E-state index in [0.29, 0.717) is 17.9 Å². The van der Waals surface area contributed by atoms with E-state index in [0.717, 1.165) is 16.8 Å². The smallest absolute Gasteiger partial charge is 0.309 e. The Morgan fingerprint density at radius 2 is 1.66 bits per heavy atom. The van der Waals surface area contributed by atoms with Crippen LogP contribution >= 0.6 is 0 Å². The summed E-state index contributed by atoms with van der Waals surface area (Å²) < 4.78 is 10.3. The SMILES string of the molecule is COC(=O)C1CC12C(c1ccccc1)ON(c1ccc(C)cc1)C2C(=O)Nc1ccc(OC)cc1. The molecule has 7 heteroatoms. The number of anilines is 2. The number of nitrogens with one attached hydrogen (secondary N) is 1. The largest absolute Gasteiger partial charge is 0.497 e. The van der Waals surface area contributed by atoms with Crippen LogP contribution in [0.25, 0.3) is 0 Å². The van der Waals surface area contributed by atoms with Crippen molar-refractivity contribution in [1.29, 1.82) is 0 Å². The molecule has 4 atom stereocenters. The molecule has 35 heavy (non-hydrogen) atoms. The van der Waals surface area contributed by atoms with Crippen molar-refractivity contribution in [2.24, 2.45) is 11.3 Å². The number of aryl methyl sites for hydroxylation is 1. The van der Waals surface area contributed by atoms with Gasteiger partial charge in [0.2, 0.25) is 5.91 Å². The number of carbonyl (C=O) groups is 2. The van der Waals surface area contributed by atoms with E-state index in [-0.39, 0.29) is 11.9 Å². The molecule has 1 aliphatic carbocycles. The van der Waals surface area contributed by atoms with Crippen LogP contribution in [-0.2, 0) is 19.2 Å². The first-order valence-electron chi connectivity index (χ1n) is 11.6. The van der Waals surface area contributed by atoms with Gasteiger partial charge in [-0.15, -0.1) is 0 Å². The number of benzene rings is 3. The van der Waals surface area contributed by atoms with Crippen LogP contribution in [0.15, 0.2) is 78.9 Å². The van der Waals surface area contributed by atoms with Crippen molar-refractivity contribution in [3.8, 4) is 5.75 Å². The molecule has 4 unspecified atom stereocenters. The number of carbonyl (C=O) groups excluding carboxylic acids is 2. The molecule has 1 N–H and O–H groups in total. The minimum atomic E-state index is -0.768. The molecule has 1 amide bonds. The predicted octanol–water partition coefficient (Wildman–Crippen LogP) is 4.68.